The third-order valence-electron chi connectivity index (χ3n) is 2.46. The van der Waals surface area contributed by atoms with Crippen LogP contribution in [-0.4, -0.2) is 32.7 Å². The molecule has 1 aromatic carbocycles. The van der Waals surface area contributed by atoms with Crippen LogP contribution >= 0.6 is 0 Å². The molecule has 0 aliphatic heterocycles. The Morgan fingerprint density at radius 2 is 1.86 bits per heavy atom. The summed E-state index contributed by atoms with van der Waals surface area (Å²) in [5.41, 5.74) is 0.369. The zero-order chi connectivity index (χ0) is 15.6. The maximum Gasteiger partial charge on any atom is 0.412 e. The normalized spacial score (nSPS) is 11.2. The number of nitrogens with zero attached hydrogens (tertiary/aromatic N) is 2. The van der Waals surface area contributed by atoms with Crippen molar-refractivity contribution < 1.29 is 19.4 Å². The fraction of sp³-hybridized carbons (Fsp3) is 0.286. The number of anilines is 1. The van der Waals surface area contributed by atoms with Crippen LogP contribution < -0.4 is 5.32 Å². The van der Waals surface area contributed by atoms with Gasteiger partial charge >= 0.3 is 12.1 Å². The molecule has 0 aliphatic rings. The molecule has 0 saturated heterocycles. The molecule has 0 spiro atoms. The van der Waals surface area contributed by atoms with Gasteiger partial charge in [0.1, 0.15) is 11.1 Å². The molecule has 1 aromatic heterocycles. The number of fused-ring (bicyclic) bond motifs is 1. The minimum atomic E-state index is -1.12. The number of carboxylic acid groups (broad SMARTS) is 1. The lowest BCUT2D eigenvalue weighted by Gasteiger charge is -2.20. The van der Waals surface area contributed by atoms with Crippen LogP contribution in [0.2, 0.25) is 0 Å². The van der Waals surface area contributed by atoms with Crippen LogP contribution in [0, 0.1) is 0 Å². The van der Waals surface area contributed by atoms with Crippen molar-refractivity contribution in [1.82, 2.24) is 9.97 Å². The van der Waals surface area contributed by atoms with Crippen molar-refractivity contribution in [1.29, 1.82) is 0 Å². The standard InChI is InChI=1S/C14H15N3O4/c1-14(2,3)21-13(20)17-10-7-8(12(18)19)6-9-11(10)16-5-4-15-9/h4-7H,1-3H3,(H,17,20)(H,18,19). The van der Waals surface area contributed by atoms with E-state index in [2.05, 4.69) is 15.3 Å². The lowest BCUT2D eigenvalue weighted by molar-refractivity contribution is 0.0633. The summed E-state index contributed by atoms with van der Waals surface area (Å²) in [5.74, 6) is -1.12. The van der Waals surface area contributed by atoms with Gasteiger partial charge in [0, 0.05) is 12.4 Å². The summed E-state index contributed by atoms with van der Waals surface area (Å²) in [6.45, 7) is 5.20. The van der Waals surface area contributed by atoms with E-state index in [1.807, 2.05) is 0 Å². The predicted molar refractivity (Wildman–Crippen MR) is 76.4 cm³/mol. The zero-order valence-electron chi connectivity index (χ0n) is 11.9. The van der Waals surface area contributed by atoms with E-state index in [1.54, 1.807) is 20.8 Å². The molecule has 2 aromatic rings. The highest BCUT2D eigenvalue weighted by molar-refractivity contribution is 6.01. The number of nitrogens with one attached hydrogen (secondary N) is 1. The largest absolute Gasteiger partial charge is 0.478 e. The van der Waals surface area contributed by atoms with E-state index >= 15 is 0 Å². The average molecular weight is 289 g/mol. The number of aromatic carboxylic acids is 1. The molecule has 1 amide bonds. The van der Waals surface area contributed by atoms with Crippen molar-refractivity contribution in [2.75, 3.05) is 5.32 Å². The van der Waals surface area contributed by atoms with Gasteiger partial charge in [0.2, 0.25) is 0 Å². The van der Waals surface area contributed by atoms with Crippen LogP contribution in [0.25, 0.3) is 11.0 Å². The summed E-state index contributed by atoms with van der Waals surface area (Å²) in [7, 11) is 0. The predicted octanol–water partition coefficient (Wildman–Crippen LogP) is 2.68. The van der Waals surface area contributed by atoms with Crippen molar-refractivity contribution in [3.05, 3.63) is 30.1 Å². The smallest absolute Gasteiger partial charge is 0.412 e. The van der Waals surface area contributed by atoms with Gasteiger partial charge in [-0.2, -0.15) is 0 Å². The van der Waals surface area contributed by atoms with Crippen molar-refractivity contribution in [3.63, 3.8) is 0 Å². The van der Waals surface area contributed by atoms with Crippen molar-refractivity contribution in [3.8, 4) is 0 Å². The summed E-state index contributed by atoms with van der Waals surface area (Å²) in [6, 6.07) is 2.72. The SMILES string of the molecule is CC(C)(C)OC(=O)Nc1cc(C(=O)O)cc2nccnc12. The summed E-state index contributed by atoms with van der Waals surface area (Å²) in [5, 5.41) is 11.6. The first-order chi connectivity index (χ1) is 9.76. The molecule has 7 heteroatoms. The molecule has 1 heterocycles. The summed E-state index contributed by atoms with van der Waals surface area (Å²) >= 11 is 0. The number of hydrogen-bond acceptors (Lipinski definition) is 5. The Bertz CT molecular complexity index is 707. The molecule has 7 nitrogen and oxygen atoms in total. The van der Waals surface area contributed by atoms with E-state index in [1.165, 1.54) is 24.5 Å². The van der Waals surface area contributed by atoms with Gasteiger partial charge in [0.25, 0.3) is 0 Å². The number of benzene rings is 1. The number of hydrogen-bond donors (Lipinski definition) is 2. The first-order valence-electron chi connectivity index (χ1n) is 6.24. The van der Waals surface area contributed by atoms with Gasteiger partial charge in [-0.15, -0.1) is 0 Å². The zero-order valence-corrected chi connectivity index (χ0v) is 11.9. The minimum absolute atomic E-state index is 0.00839. The van der Waals surface area contributed by atoms with E-state index < -0.39 is 17.7 Å². The highest BCUT2D eigenvalue weighted by atomic mass is 16.6. The molecule has 0 bridgehead atoms. The molecule has 21 heavy (non-hydrogen) atoms. The minimum Gasteiger partial charge on any atom is -0.478 e. The molecule has 0 aliphatic carbocycles. The van der Waals surface area contributed by atoms with Gasteiger partial charge in [-0.1, -0.05) is 0 Å². The number of carbonyl (C=O) groups excluding carboxylic acids is 1. The average Bonchev–Trinajstić information content (AvgIpc) is 2.36. The maximum atomic E-state index is 11.8. The summed E-state index contributed by atoms with van der Waals surface area (Å²) in [6.07, 6.45) is 2.23. The third kappa shape index (κ3) is 3.65. The number of ether oxygens (including phenoxy) is 1. The molecule has 0 radical (unpaired) electrons. The van der Waals surface area contributed by atoms with E-state index in [9.17, 15) is 9.59 Å². The quantitative estimate of drug-likeness (QED) is 0.881. The first-order valence-corrected chi connectivity index (χ1v) is 6.24. The van der Waals surface area contributed by atoms with Gasteiger partial charge in [0.05, 0.1) is 16.8 Å². The van der Waals surface area contributed by atoms with E-state index in [4.69, 9.17) is 9.84 Å². The van der Waals surface area contributed by atoms with Crippen LogP contribution in [0.3, 0.4) is 0 Å². The molecule has 2 rings (SSSR count). The molecular formula is C14H15N3O4. The second-order valence-electron chi connectivity index (χ2n) is 5.38. The lowest BCUT2D eigenvalue weighted by atomic mass is 10.1. The number of carbonyl (C=O) groups is 2. The summed E-state index contributed by atoms with van der Waals surface area (Å²) in [4.78, 5) is 31.1. The van der Waals surface area contributed by atoms with Gasteiger partial charge in [-0.05, 0) is 32.9 Å². The third-order valence-corrected chi connectivity index (χ3v) is 2.46. The fourth-order valence-corrected chi connectivity index (χ4v) is 1.71. The van der Waals surface area contributed by atoms with Crippen LogP contribution in [0.15, 0.2) is 24.5 Å². The highest BCUT2D eigenvalue weighted by Crippen LogP contribution is 2.23. The van der Waals surface area contributed by atoms with Crippen LogP contribution in [-0.2, 0) is 4.74 Å². The Kier molecular flexibility index (Phi) is 3.75. The number of amides is 1. The van der Waals surface area contributed by atoms with E-state index in [-0.39, 0.29) is 11.3 Å². The fourth-order valence-electron chi connectivity index (χ4n) is 1.71. The lowest BCUT2D eigenvalue weighted by Crippen LogP contribution is -2.27. The van der Waals surface area contributed by atoms with Crippen LogP contribution in [0.4, 0.5) is 10.5 Å². The Morgan fingerprint density at radius 1 is 1.19 bits per heavy atom. The first kappa shape index (κ1) is 14.7. The van der Waals surface area contributed by atoms with Crippen LogP contribution in [0.1, 0.15) is 31.1 Å². The molecule has 0 atom stereocenters. The second kappa shape index (κ2) is 5.35. The molecule has 110 valence electrons. The molecule has 2 N–H and O–H groups in total. The molecule has 0 fully saturated rings. The topological polar surface area (TPSA) is 101 Å². The Morgan fingerprint density at radius 3 is 2.48 bits per heavy atom. The number of carboxylic acids is 1. The van der Waals surface area contributed by atoms with Gasteiger partial charge in [-0.25, -0.2) is 9.59 Å². The Hall–Kier alpha value is -2.70. The summed E-state index contributed by atoms with van der Waals surface area (Å²) < 4.78 is 5.15. The van der Waals surface area contributed by atoms with Gasteiger partial charge in [0.15, 0.2) is 0 Å². The van der Waals surface area contributed by atoms with Crippen molar-refractivity contribution in [2.45, 2.75) is 26.4 Å². The number of aromatic nitrogens is 2. The Balaban J connectivity index is 2.42. The molecular weight excluding hydrogens is 274 g/mol. The van der Waals surface area contributed by atoms with Crippen LogP contribution in [0.5, 0.6) is 0 Å². The molecule has 0 unspecified atom stereocenters. The second-order valence-corrected chi connectivity index (χ2v) is 5.38. The van der Waals surface area contributed by atoms with Gasteiger partial charge in [-0.3, -0.25) is 15.3 Å². The maximum absolute atomic E-state index is 11.8. The van der Waals surface area contributed by atoms with Crippen molar-refractivity contribution in [2.24, 2.45) is 0 Å². The van der Waals surface area contributed by atoms with E-state index in [0.29, 0.717) is 11.0 Å². The molecule has 0 saturated carbocycles. The highest BCUT2D eigenvalue weighted by Gasteiger charge is 2.18. The van der Waals surface area contributed by atoms with Gasteiger partial charge < -0.3 is 9.84 Å². The number of rotatable bonds is 2. The van der Waals surface area contributed by atoms with Crippen molar-refractivity contribution >= 4 is 28.8 Å². The van der Waals surface area contributed by atoms with E-state index in [0.717, 1.165) is 0 Å². The Labute approximate surface area is 121 Å². The monoisotopic (exact) mass is 289 g/mol.